The monoisotopic (exact) mass is 348 g/mol. The number of aliphatic carboxylic acids is 1. The van der Waals surface area contributed by atoms with E-state index in [0.717, 1.165) is 0 Å². The van der Waals surface area contributed by atoms with Crippen LogP contribution in [0.5, 0.6) is 0 Å². The van der Waals surface area contributed by atoms with Gasteiger partial charge in [0.15, 0.2) is 0 Å². The fraction of sp³-hybridized carbons (Fsp3) is 0.875. The van der Waals surface area contributed by atoms with Gasteiger partial charge in [0, 0.05) is 12.8 Å². The summed E-state index contributed by atoms with van der Waals surface area (Å²) in [7, 11) is 0. The van der Waals surface area contributed by atoms with Crippen LogP contribution in [0.4, 0.5) is 0 Å². The number of carbonyl (C=O) groups is 2. The molecule has 0 aromatic rings. The number of unbranched alkanes of at least 4 members (excludes halogenated alkanes) is 2. The van der Waals surface area contributed by atoms with Gasteiger partial charge in [-0.2, -0.15) is 0 Å². The molecule has 0 amide bonds. The van der Waals surface area contributed by atoms with Gasteiger partial charge < -0.3 is 29.2 Å². The Hall–Kier alpha value is -1.22. The van der Waals surface area contributed by atoms with Crippen molar-refractivity contribution in [2.45, 2.75) is 57.3 Å². The van der Waals surface area contributed by atoms with Gasteiger partial charge >= 0.3 is 11.9 Å². The average Bonchev–Trinajstić information content (AvgIpc) is 2.54. The van der Waals surface area contributed by atoms with E-state index < -0.39 is 12.1 Å². The second kappa shape index (κ2) is 12.2. The van der Waals surface area contributed by atoms with E-state index in [-0.39, 0.29) is 50.8 Å². The van der Waals surface area contributed by atoms with Gasteiger partial charge in [-0.15, -0.1) is 0 Å². The summed E-state index contributed by atoms with van der Waals surface area (Å²) in [5, 5.41) is 17.4. The molecule has 1 saturated heterocycles. The quantitative estimate of drug-likeness (QED) is 0.392. The summed E-state index contributed by atoms with van der Waals surface area (Å²) in [6, 6.07) is 0. The Morgan fingerprint density at radius 3 is 2.62 bits per heavy atom. The van der Waals surface area contributed by atoms with E-state index in [1.54, 1.807) is 0 Å². The van der Waals surface area contributed by atoms with Gasteiger partial charge in [-0.3, -0.25) is 9.59 Å². The highest BCUT2D eigenvalue weighted by Gasteiger charge is 2.30. The molecule has 0 radical (unpaired) electrons. The van der Waals surface area contributed by atoms with E-state index in [1.807, 2.05) is 6.92 Å². The molecule has 3 atom stereocenters. The maximum atomic E-state index is 11.7. The van der Waals surface area contributed by atoms with E-state index in [1.165, 1.54) is 0 Å². The summed E-state index contributed by atoms with van der Waals surface area (Å²) < 4.78 is 21.9. The highest BCUT2D eigenvalue weighted by Crippen LogP contribution is 2.14. The van der Waals surface area contributed by atoms with Gasteiger partial charge in [-0.05, 0) is 19.8 Å². The lowest BCUT2D eigenvalue weighted by Crippen LogP contribution is -2.46. The molecule has 140 valence electrons. The Balaban J connectivity index is 2.27. The average molecular weight is 348 g/mol. The van der Waals surface area contributed by atoms with Gasteiger partial charge in [-0.25, -0.2) is 0 Å². The second-order valence-electron chi connectivity index (χ2n) is 5.79. The number of ether oxygens (including phenoxy) is 4. The largest absolute Gasteiger partial charge is 0.481 e. The number of aliphatic hydroxyl groups is 1. The number of aliphatic hydroxyl groups excluding tert-OH is 1. The number of esters is 1. The standard InChI is InChI=1S/C16H28O8/c1-12-9-21-10-14(24-12)13(22-8-7-17)11-23-16(20)6-4-2-3-5-15(18)19/h12-14,17H,2-11H2,1H3,(H,18,19). The Morgan fingerprint density at radius 1 is 1.21 bits per heavy atom. The number of hydrogen-bond acceptors (Lipinski definition) is 7. The van der Waals surface area contributed by atoms with E-state index in [0.29, 0.717) is 32.5 Å². The molecule has 1 aliphatic rings. The topological polar surface area (TPSA) is 112 Å². The minimum atomic E-state index is -0.828. The summed E-state index contributed by atoms with van der Waals surface area (Å²) >= 11 is 0. The van der Waals surface area contributed by atoms with E-state index >= 15 is 0 Å². The van der Waals surface area contributed by atoms with Crippen LogP contribution in [0.15, 0.2) is 0 Å². The summed E-state index contributed by atoms with van der Waals surface area (Å²) in [6.07, 6.45) is 1.27. The van der Waals surface area contributed by atoms with Crippen LogP contribution in [0.25, 0.3) is 0 Å². The fourth-order valence-corrected chi connectivity index (χ4v) is 2.36. The lowest BCUT2D eigenvalue weighted by atomic mass is 10.1. The third-order valence-corrected chi connectivity index (χ3v) is 3.56. The third kappa shape index (κ3) is 9.17. The van der Waals surface area contributed by atoms with Crippen LogP contribution >= 0.6 is 0 Å². The van der Waals surface area contributed by atoms with Crippen LogP contribution in [-0.4, -0.2) is 73.5 Å². The summed E-state index contributed by atoms with van der Waals surface area (Å²) in [6.45, 7) is 2.79. The Bertz CT molecular complexity index is 373. The van der Waals surface area contributed by atoms with Gasteiger partial charge in [0.1, 0.15) is 18.8 Å². The van der Waals surface area contributed by atoms with Crippen molar-refractivity contribution in [1.82, 2.24) is 0 Å². The van der Waals surface area contributed by atoms with Crippen molar-refractivity contribution in [3.63, 3.8) is 0 Å². The predicted octanol–water partition coefficient (Wildman–Crippen LogP) is 0.746. The van der Waals surface area contributed by atoms with Crippen molar-refractivity contribution in [2.75, 3.05) is 33.0 Å². The van der Waals surface area contributed by atoms with Gasteiger partial charge in [-0.1, -0.05) is 6.42 Å². The minimum absolute atomic E-state index is 0.0364. The molecule has 2 N–H and O–H groups in total. The molecular weight excluding hydrogens is 320 g/mol. The van der Waals surface area contributed by atoms with Crippen molar-refractivity contribution >= 4 is 11.9 Å². The second-order valence-corrected chi connectivity index (χ2v) is 5.79. The summed E-state index contributed by atoms with van der Waals surface area (Å²) in [5.74, 6) is -1.18. The molecule has 0 saturated carbocycles. The molecule has 1 heterocycles. The van der Waals surface area contributed by atoms with Crippen LogP contribution < -0.4 is 0 Å². The zero-order valence-corrected chi connectivity index (χ0v) is 14.1. The van der Waals surface area contributed by atoms with Gasteiger partial charge in [0.2, 0.25) is 0 Å². The lowest BCUT2D eigenvalue weighted by molar-refractivity contribution is -0.192. The summed E-state index contributed by atoms with van der Waals surface area (Å²) in [5.41, 5.74) is 0. The molecule has 0 aromatic heterocycles. The smallest absolute Gasteiger partial charge is 0.305 e. The predicted molar refractivity (Wildman–Crippen MR) is 83.7 cm³/mol. The maximum absolute atomic E-state index is 11.7. The molecule has 0 bridgehead atoms. The molecule has 0 aliphatic carbocycles. The van der Waals surface area contributed by atoms with E-state index in [4.69, 9.17) is 29.2 Å². The first-order chi connectivity index (χ1) is 11.5. The van der Waals surface area contributed by atoms with Crippen molar-refractivity contribution in [2.24, 2.45) is 0 Å². The van der Waals surface area contributed by atoms with Gasteiger partial charge in [0.05, 0.1) is 32.5 Å². The Kier molecular flexibility index (Phi) is 10.6. The summed E-state index contributed by atoms with van der Waals surface area (Å²) in [4.78, 5) is 22.1. The molecule has 8 heteroatoms. The van der Waals surface area contributed by atoms with Crippen molar-refractivity contribution in [3.8, 4) is 0 Å². The van der Waals surface area contributed by atoms with Crippen LogP contribution in [-0.2, 0) is 28.5 Å². The van der Waals surface area contributed by atoms with Gasteiger partial charge in [0.25, 0.3) is 0 Å². The van der Waals surface area contributed by atoms with Crippen LogP contribution in [0.2, 0.25) is 0 Å². The number of rotatable bonds is 12. The number of carboxylic acid groups (broad SMARTS) is 1. The first-order valence-electron chi connectivity index (χ1n) is 8.36. The molecule has 24 heavy (non-hydrogen) atoms. The zero-order valence-electron chi connectivity index (χ0n) is 14.1. The maximum Gasteiger partial charge on any atom is 0.305 e. The SMILES string of the molecule is CC1COCC(C(COC(=O)CCCCCC(=O)O)OCCO)O1. The first kappa shape index (κ1) is 20.8. The van der Waals surface area contributed by atoms with Crippen LogP contribution in [0, 0.1) is 0 Å². The first-order valence-corrected chi connectivity index (χ1v) is 8.36. The minimum Gasteiger partial charge on any atom is -0.481 e. The lowest BCUT2D eigenvalue weighted by Gasteiger charge is -2.33. The molecule has 0 aromatic carbocycles. The highest BCUT2D eigenvalue weighted by molar-refractivity contribution is 5.69. The molecule has 3 unspecified atom stereocenters. The van der Waals surface area contributed by atoms with Crippen molar-refractivity contribution in [1.29, 1.82) is 0 Å². The van der Waals surface area contributed by atoms with E-state index in [2.05, 4.69) is 0 Å². The zero-order chi connectivity index (χ0) is 17.8. The van der Waals surface area contributed by atoms with Crippen molar-refractivity contribution in [3.05, 3.63) is 0 Å². The molecular formula is C16H28O8. The molecule has 1 rings (SSSR count). The normalized spacial score (nSPS) is 22.1. The molecule has 1 aliphatic heterocycles. The number of hydrogen-bond donors (Lipinski definition) is 2. The van der Waals surface area contributed by atoms with E-state index in [9.17, 15) is 9.59 Å². The third-order valence-electron chi connectivity index (χ3n) is 3.56. The Labute approximate surface area is 142 Å². The number of carboxylic acids is 1. The molecule has 8 nitrogen and oxygen atoms in total. The van der Waals surface area contributed by atoms with Crippen LogP contribution in [0.1, 0.15) is 39.0 Å². The molecule has 0 spiro atoms. The van der Waals surface area contributed by atoms with Crippen LogP contribution in [0.3, 0.4) is 0 Å². The highest BCUT2D eigenvalue weighted by atomic mass is 16.6. The fourth-order valence-electron chi connectivity index (χ4n) is 2.36. The Morgan fingerprint density at radius 2 is 1.96 bits per heavy atom. The number of carbonyl (C=O) groups excluding carboxylic acids is 1. The molecule has 1 fully saturated rings. The van der Waals surface area contributed by atoms with Crippen molar-refractivity contribution < 1.29 is 38.7 Å².